The maximum absolute atomic E-state index is 15.8. The van der Waals surface area contributed by atoms with Gasteiger partial charge in [0, 0.05) is 29.3 Å². The number of hydrogen-bond acceptors (Lipinski definition) is 9. The van der Waals surface area contributed by atoms with Crippen LogP contribution in [0.5, 0.6) is 0 Å². The number of rotatable bonds is 7. The molecular weight excluding hydrogens is 567 g/mol. The van der Waals surface area contributed by atoms with Crippen LogP contribution in [0, 0.1) is 5.92 Å². The number of amides is 2. The van der Waals surface area contributed by atoms with E-state index in [-0.39, 0.29) is 31.2 Å². The zero-order valence-corrected chi connectivity index (χ0v) is 24.6. The molecule has 3 aliphatic heterocycles. The van der Waals surface area contributed by atoms with Crippen LogP contribution in [0.2, 0.25) is 18.6 Å². The Labute approximate surface area is 243 Å². The molecule has 0 aromatic heterocycles. The van der Waals surface area contributed by atoms with Crippen LogP contribution < -0.4 is 10.2 Å². The summed E-state index contributed by atoms with van der Waals surface area (Å²) < 4.78 is 27.3. The van der Waals surface area contributed by atoms with Crippen molar-refractivity contribution in [2.75, 3.05) is 16.8 Å². The summed E-state index contributed by atoms with van der Waals surface area (Å²) in [4.78, 5) is 29.0. The van der Waals surface area contributed by atoms with Gasteiger partial charge in [-0.2, -0.15) is 0 Å². The van der Waals surface area contributed by atoms with E-state index in [1.807, 2.05) is 30.3 Å². The summed E-state index contributed by atoms with van der Waals surface area (Å²) in [5.41, 5.74) is -0.160. The van der Waals surface area contributed by atoms with Crippen LogP contribution in [-0.4, -0.2) is 89.2 Å². The van der Waals surface area contributed by atoms with E-state index < -0.39 is 68.2 Å². The van der Waals surface area contributed by atoms with Gasteiger partial charge >= 0.3 is 0 Å². The van der Waals surface area contributed by atoms with Gasteiger partial charge in [0.1, 0.15) is 18.3 Å². The molecular formula is C29H37FN2O9Si. The van der Waals surface area contributed by atoms with Gasteiger partial charge in [-0.3, -0.25) is 9.59 Å². The molecule has 11 nitrogen and oxygen atoms in total. The number of nitrogens with zero attached hydrogens (tertiary/aromatic N) is 1. The minimum absolute atomic E-state index is 0.155. The maximum atomic E-state index is 15.8. The second-order valence-corrected chi connectivity index (χ2v) is 15.6. The third-order valence-electron chi connectivity index (χ3n) is 8.67. The Kier molecular flexibility index (Phi) is 8.33. The van der Waals surface area contributed by atoms with Crippen LogP contribution in [0.1, 0.15) is 24.5 Å². The molecule has 2 aromatic carbocycles. The Morgan fingerprint density at radius 3 is 2.40 bits per heavy atom. The van der Waals surface area contributed by atoms with Gasteiger partial charge in [0.25, 0.3) is 11.8 Å². The van der Waals surface area contributed by atoms with Crippen LogP contribution in [0.4, 0.5) is 15.5 Å². The Hall–Kier alpha value is -2.75. The number of fused-ring (bicyclic) bond motifs is 2. The van der Waals surface area contributed by atoms with Gasteiger partial charge in [-0.25, -0.2) is 0 Å². The van der Waals surface area contributed by atoms with Crippen molar-refractivity contribution in [2.24, 2.45) is 5.92 Å². The molecule has 0 bridgehead atoms. The van der Waals surface area contributed by atoms with E-state index in [0.717, 1.165) is 5.56 Å². The number of aliphatic hydroxyl groups is 5. The topological polar surface area (TPSA) is 169 Å². The highest BCUT2D eigenvalue weighted by atomic mass is 28.4. The van der Waals surface area contributed by atoms with Crippen molar-refractivity contribution in [3.63, 3.8) is 0 Å². The number of aliphatic hydroxyl groups excluding tert-OH is 5. The molecule has 0 radical (unpaired) electrons. The van der Waals surface area contributed by atoms with Crippen molar-refractivity contribution in [1.82, 2.24) is 0 Å². The summed E-state index contributed by atoms with van der Waals surface area (Å²) in [6.45, 7) is 4.90. The molecule has 3 heterocycles. The van der Waals surface area contributed by atoms with Crippen LogP contribution in [-0.2, 0) is 31.2 Å². The quantitative estimate of drug-likeness (QED) is 0.200. The predicted molar refractivity (Wildman–Crippen MR) is 151 cm³/mol. The highest BCUT2D eigenvalue weighted by molar-refractivity contribution is 6.72. The standard InChI is InChI=1S/C29H37FN2O9Si/c1-15-25(42(2,3)30)20(11-12-33)41-29(15)18-13-17(31-26(37)24-22(35)21(34)23(36)27(38)40-24)9-10-19(18)32(28(29)39)14-16-7-5-4-6-8-16/h4-10,13,15,20-25,27,33-36,38H,11-12,14H2,1-3H3,(H,31,37)/t15-,20+,21+,22+,23-,24+,25-,27-,29+/m1/s1. The summed E-state index contributed by atoms with van der Waals surface area (Å²) in [5.74, 6) is -1.87. The number of carbonyl (C=O) groups excluding carboxylic acids is 2. The van der Waals surface area contributed by atoms with Gasteiger partial charge in [0.2, 0.25) is 8.41 Å². The van der Waals surface area contributed by atoms with Crippen molar-refractivity contribution in [1.29, 1.82) is 0 Å². The minimum Gasteiger partial charge on any atom is -0.396 e. The Morgan fingerprint density at radius 1 is 1.07 bits per heavy atom. The molecule has 0 saturated carbocycles. The Morgan fingerprint density at radius 2 is 1.76 bits per heavy atom. The molecule has 5 rings (SSSR count). The maximum Gasteiger partial charge on any atom is 0.264 e. The molecule has 3 aliphatic rings. The second kappa shape index (κ2) is 11.4. The van der Waals surface area contributed by atoms with E-state index in [1.54, 1.807) is 43.1 Å². The number of benzene rings is 2. The lowest BCUT2D eigenvalue weighted by atomic mass is 9.82. The van der Waals surface area contributed by atoms with Crippen molar-refractivity contribution in [3.05, 3.63) is 59.7 Å². The lowest BCUT2D eigenvalue weighted by Crippen LogP contribution is -2.60. The second-order valence-electron chi connectivity index (χ2n) is 11.8. The molecule has 1 spiro atoms. The highest BCUT2D eigenvalue weighted by Crippen LogP contribution is 2.60. The van der Waals surface area contributed by atoms with Crippen molar-refractivity contribution in [3.8, 4) is 0 Å². The number of hydrogen-bond donors (Lipinski definition) is 6. The molecule has 2 saturated heterocycles. The van der Waals surface area contributed by atoms with Crippen molar-refractivity contribution in [2.45, 2.75) is 80.9 Å². The minimum atomic E-state index is -3.41. The summed E-state index contributed by atoms with van der Waals surface area (Å²) in [7, 11) is -3.41. The number of nitrogens with one attached hydrogen (secondary N) is 1. The Balaban J connectivity index is 1.54. The molecule has 13 heteroatoms. The molecule has 228 valence electrons. The number of halogens is 1. The first kappa shape index (κ1) is 30.7. The van der Waals surface area contributed by atoms with Gasteiger partial charge in [0.15, 0.2) is 18.0 Å². The molecule has 0 aliphatic carbocycles. The zero-order chi connectivity index (χ0) is 30.6. The molecule has 2 aromatic rings. The molecule has 0 unspecified atom stereocenters. The lowest BCUT2D eigenvalue weighted by molar-refractivity contribution is -0.274. The SMILES string of the molecule is C[C@@H]1[C@@H]([Si](C)(C)F)[C@H](CCO)O[C@@]12C(=O)N(Cc1ccccc1)c1ccc(NC(=O)[C@H]3O[C@@H](O)[C@H](O)[C@@H](O)[C@@H]3O)cc12. The molecule has 9 atom stereocenters. The predicted octanol–water partition coefficient (Wildman–Crippen LogP) is 1.13. The van der Waals surface area contributed by atoms with Gasteiger partial charge in [-0.05, 0) is 43.3 Å². The normalized spacial score (nSPS) is 34.6. The van der Waals surface area contributed by atoms with Crippen LogP contribution in [0.15, 0.2) is 48.5 Å². The first-order chi connectivity index (χ1) is 19.8. The van der Waals surface area contributed by atoms with E-state index in [0.29, 0.717) is 11.3 Å². The third kappa shape index (κ3) is 5.07. The number of carbonyl (C=O) groups is 2. The number of anilines is 2. The van der Waals surface area contributed by atoms with Gasteiger partial charge in [0.05, 0.1) is 18.3 Å². The molecule has 2 amide bonds. The molecule has 2 fully saturated rings. The largest absolute Gasteiger partial charge is 0.396 e. The highest BCUT2D eigenvalue weighted by Gasteiger charge is 2.66. The zero-order valence-electron chi connectivity index (χ0n) is 23.6. The van der Waals surface area contributed by atoms with Gasteiger partial charge < -0.3 is 49.3 Å². The van der Waals surface area contributed by atoms with Crippen molar-refractivity contribution < 1.29 is 48.7 Å². The fourth-order valence-corrected chi connectivity index (χ4v) is 9.28. The fraction of sp³-hybridized carbons (Fsp3) is 0.517. The summed E-state index contributed by atoms with van der Waals surface area (Å²) in [6, 6.07) is 14.1. The first-order valence-electron chi connectivity index (χ1n) is 14.0. The van der Waals surface area contributed by atoms with Crippen LogP contribution >= 0.6 is 0 Å². The fourth-order valence-electron chi connectivity index (χ4n) is 6.74. The average molecular weight is 605 g/mol. The summed E-state index contributed by atoms with van der Waals surface area (Å²) in [6.07, 6.45) is -9.58. The van der Waals surface area contributed by atoms with Gasteiger partial charge in [-0.15, -0.1) is 0 Å². The van der Waals surface area contributed by atoms with E-state index in [9.17, 15) is 35.1 Å². The molecule has 42 heavy (non-hydrogen) atoms. The first-order valence-corrected chi connectivity index (χ1v) is 16.9. The summed E-state index contributed by atoms with van der Waals surface area (Å²) in [5, 5.41) is 52.3. The van der Waals surface area contributed by atoms with E-state index in [4.69, 9.17) is 9.47 Å². The van der Waals surface area contributed by atoms with Crippen LogP contribution in [0.3, 0.4) is 0 Å². The lowest BCUT2D eigenvalue weighted by Gasteiger charge is -2.37. The van der Waals surface area contributed by atoms with E-state index in [1.165, 1.54) is 0 Å². The van der Waals surface area contributed by atoms with E-state index in [2.05, 4.69) is 5.32 Å². The summed E-state index contributed by atoms with van der Waals surface area (Å²) >= 11 is 0. The Bertz CT molecular complexity index is 1330. The monoisotopic (exact) mass is 604 g/mol. The van der Waals surface area contributed by atoms with Crippen LogP contribution in [0.25, 0.3) is 0 Å². The van der Waals surface area contributed by atoms with Gasteiger partial charge in [-0.1, -0.05) is 37.3 Å². The average Bonchev–Trinajstić information content (AvgIpc) is 3.36. The molecule has 6 N–H and O–H groups in total. The number of ether oxygens (including phenoxy) is 2. The third-order valence-corrected chi connectivity index (χ3v) is 11.1. The van der Waals surface area contributed by atoms with E-state index >= 15 is 4.11 Å². The smallest absolute Gasteiger partial charge is 0.264 e. The van der Waals surface area contributed by atoms with Crippen molar-refractivity contribution >= 4 is 31.6 Å².